The van der Waals surface area contributed by atoms with Gasteiger partial charge in [-0.2, -0.15) is 0 Å². The van der Waals surface area contributed by atoms with Crippen molar-refractivity contribution in [1.29, 1.82) is 0 Å². The smallest absolute Gasteiger partial charge is 0.272 e. The van der Waals surface area contributed by atoms with Crippen LogP contribution in [0.25, 0.3) is 0 Å². The van der Waals surface area contributed by atoms with E-state index in [0.717, 1.165) is 44.8 Å². The van der Waals surface area contributed by atoms with E-state index in [-0.39, 0.29) is 12.0 Å². The number of benzene rings is 1. The van der Waals surface area contributed by atoms with E-state index in [1.807, 2.05) is 23.1 Å². The molecule has 2 aromatic rings. The predicted molar refractivity (Wildman–Crippen MR) is 107 cm³/mol. The first kappa shape index (κ1) is 19.0. The van der Waals surface area contributed by atoms with Crippen molar-refractivity contribution >= 4 is 17.5 Å². The third kappa shape index (κ3) is 4.56. The van der Waals surface area contributed by atoms with Crippen LogP contribution in [-0.2, 0) is 0 Å². The summed E-state index contributed by atoms with van der Waals surface area (Å²) < 4.78 is 11.7. The van der Waals surface area contributed by atoms with Gasteiger partial charge in [0.25, 0.3) is 5.91 Å². The molecule has 0 unspecified atom stereocenters. The van der Waals surface area contributed by atoms with Gasteiger partial charge in [-0.3, -0.25) is 9.78 Å². The topological polar surface area (TPSA) is 63.7 Å². The molecule has 2 aliphatic rings. The summed E-state index contributed by atoms with van der Waals surface area (Å²) in [7, 11) is 0. The SMILES string of the molecule is O=C(c1ccccn1)N1CCC(CNC[C@H]2COc3ccc(Cl)cc3O2)CC1. The third-order valence-corrected chi connectivity index (χ3v) is 5.45. The fourth-order valence-corrected chi connectivity index (χ4v) is 3.79. The summed E-state index contributed by atoms with van der Waals surface area (Å²) in [5, 5.41) is 4.13. The maximum atomic E-state index is 12.5. The van der Waals surface area contributed by atoms with Gasteiger partial charge in [-0.05, 0) is 49.6 Å². The number of amides is 1. The number of aromatic nitrogens is 1. The molecule has 6 nitrogen and oxygen atoms in total. The lowest BCUT2D eigenvalue weighted by Gasteiger charge is -2.32. The van der Waals surface area contributed by atoms with E-state index in [9.17, 15) is 4.79 Å². The summed E-state index contributed by atoms with van der Waals surface area (Å²) in [4.78, 5) is 18.5. The first-order valence-corrected chi connectivity index (χ1v) is 10.1. The molecule has 1 atom stereocenters. The number of hydrogen-bond donors (Lipinski definition) is 1. The van der Waals surface area contributed by atoms with Crippen LogP contribution in [0.5, 0.6) is 11.5 Å². The standard InChI is InChI=1S/C21H24ClN3O3/c22-16-4-5-19-20(11-16)28-17(14-27-19)13-23-12-15-6-9-25(10-7-15)21(26)18-3-1-2-8-24-18/h1-5,8,11,15,17,23H,6-7,9-10,12-14H2/t17-/m0/s1. The van der Waals surface area contributed by atoms with Crippen LogP contribution in [-0.4, -0.2) is 54.7 Å². The number of carbonyl (C=O) groups excluding carboxylic acids is 1. The fraction of sp³-hybridized carbons (Fsp3) is 0.429. The predicted octanol–water partition coefficient (Wildman–Crippen LogP) is 3.02. The minimum Gasteiger partial charge on any atom is -0.486 e. The second-order valence-electron chi connectivity index (χ2n) is 7.25. The number of carbonyl (C=O) groups is 1. The van der Waals surface area contributed by atoms with Crippen LogP contribution in [0.2, 0.25) is 5.02 Å². The average molecular weight is 402 g/mol. The van der Waals surface area contributed by atoms with Gasteiger partial charge in [-0.25, -0.2) is 0 Å². The second-order valence-corrected chi connectivity index (χ2v) is 7.69. The molecule has 1 aromatic carbocycles. The number of nitrogens with one attached hydrogen (secondary N) is 1. The highest BCUT2D eigenvalue weighted by Gasteiger charge is 2.25. The van der Waals surface area contributed by atoms with Crippen LogP contribution in [0.15, 0.2) is 42.6 Å². The van der Waals surface area contributed by atoms with Gasteiger partial charge in [0.2, 0.25) is 0 Å². The molecule has 4 rings (SSSR count). The van der Waals surface area contributed by atoms with Gasteiger partial charge in [0, 0.05) is 36.9 Å². The number of ether oxygens (including phenoxy) is 2. The lowest BCUT2D eigenvalue weighted by molar-refractivity contribution is 0.0676. The Kier molecular flexibility index (Phi) is 5.98. The summed E-state index contributed by atoms with van der Waals surface area (Å²) in [6.45, 7) is 3.71. The number of likely N-dealkylation sites (tertiary alicyclic amines) is 1. The normalized spacial score (nSPS) is 19.5. The molecule has 1 N–H and O–H groups in total. The van der Waals surface area contributed by atoms with Gasteiger partial charge in [0.15, 0.2) is 11.5 Å². The monoisotopic (exact) mass is 401 g/mol. The van der Waals surface area contributed by atoms with E-state index in [1.165, 1.54) is 0 Å². The first-order chi connectivity index (χ1) is 13.7. The molecule has 0 spiro atoms. The minimum atomic E-state index is -0.0308. The number of fused-ring (bicyclic) bond motifs is 1. The Balaban J connectivity index is 1.19. The highest BCUT2D eigenvalue weighted by molar-refractivity contribution is 6.30. The van der Waals surface area contributed by atoms with E-state index in [4.69, 9.17) is 21.1 Å². The lowest BCUT2D eigenvalue weighted by atomic mass is 9.96. The molecule has 28 heavy (non-hydrogen) atoms. The number of piperidine rings is 1. The van der Waals surface area contributed by atoms with Crippen molar-refractivity contribution in [2.75, 3.05) is 32.8 Å². The summed E-state index contributed by atoms with van der Waals surface area (Å²) in [6.07, 6.45) is 3.61. The lowest BCUT2D eigenvalue weighted by Crippen LogP contribution is -2.43. The van der Waals surface area contributed by atoms with Crippen molar-refractivity contribution < 1.29 is 14.3 Å². The van der Waals surface area contributed by atoms with Crippen molar-refractivity contribution in [3.05, 3.63) is 53.3 Å². The van der Waals surface area contributed by atoms with Crippen molar-refractivity contribution in [2.24, 2.45) is 5.92 Å². The summed E-state index contributed by atoms with van der Waals surface area (Å²) >= 11 is 6.02. The Morgan fingerprint density at radius 2 is 2.04 bits per heavy atom. The molecule has 3 heterocycles. The zero-order valence-electron chi connectivity index (χ0n) is 15.6. The number of pyridine rings is 1. The second kappa shape index (κ2) is 8.80. The van der Waals surface area contributed by atoms with E-state index < -0.39 is 0 Å². The largest absolute Gasteiger partial charge is 0.486 e. The van der Waals surface area contributed by atoms with Gasteiger partial charge in [-0.1, -0.05) is 17.7 Å². The number of nitrogens with zero attached hydrogens (tertiary/aromatic N) is 2. The Labute approximate surface area is 169 Å². The van der Waals surface area contributed by atoms with Crippen molar-refractivity contribution in [3.8, 4) is 11.5 Å². The van der Waals surface area contributed by atoms with Crippen LogP contribution in [0.4, 0.5) is 0 Å². The van der Waals surface area contributed by atoms with Gasteiger partial charge >= 0.3 is 0 Å². The fourth-order valence-electron chi connectivity index (χ4n) is 3.63. The maximum absolute atomic E-state index is 12.5. The molecule has 0 radical (unpaired) electrons. The molecule has 1 aromatic heterocycles. The Bertz CT molecular complexity index is 810. The zero-order chi connectivity index (χ0) is 19.3. The molecule has 1 amide bonds. The molecule has 1 saturated heterocycles. The van der Waals surface area contributed by atoms with Crippen LogP contribution in [0.1, 0.15) is 23.3 Å². The average Bonchev–Trinajstić information content (AvgIpc) is 2.74. The maximum Gasteiger partial charge on any atom is 0.272 e. The van der Waals surface area contributed by atoms with Gasteiger partial charge < -0.3 is 19.7 Å². The van der Waals surface area contributed by atoms with Crippen LogP contribution in [0, 0.1) is 5.92 Å². The molecule has 0 aliphatic carbocycles. The zero-order valence-corrected chi connectivity index (χ0v) is 16.4. The molecule has 7 heteroatoms. The molecule has 1 fully saturated rings. The molecular weight excluding hydrogens is 378 g/mol. The molecule has 0 bridgehead atoms. The summed E-state index contributed by atoms with van der Waals surface area (Å²) in [5.41, 5.74) is 0.522. The molecule has 2 aliphatic heterocycles. The Morgan fingerprint density at radius 1 is 1.18 bits per heavy atom. The number of hydrogen-bond acceptors (Lipinski definition) is 5. The molecule has 0 saturated carbocycles. The van der Waals surface area contributed by atoms with E-state index in [1.54, 1.807) is 24.4 Å². The van der Waals surface area contributed by atoms with E-state index in [0.29, 0.717) is 29.0 Å². The van der Waals surface area contributed by atoms with Gasteiger partial charge in [-0.15, -0.1) is 0 Å². The van der Waals surface area contributed by atoms with Crippen LogP contribution >= 0.6 is 11.6 Å². The minimum absolute atomic E-state index is 0.0251. The van der Waals surface area contributed by atoms with Gasteiger partial charge in [0.1, 0.15) is 18.4 Å². The van der Waals surface area contributed by atoms with Gasteiger partial charge in [0.05, 0.1) is 0 Å². The Hall–Kier alpha value is -2.31. The van der Waals surface area contributed by atoms with Crippen LogP contribution in [0.3, 0.4) is 0 Å². The number of rotatable bonds is 5. The molecular formula is C21H24ClN3O3. The van der Waals surface area contributed by atoms with Crippen LogP contribution < -0.4 is 14.8 Å². The summed E-state index contributed by atoms with van der Waals surface area (Å²) in [6, 6.07) is 10.9. The highest BCUT2D eigenvalue weighted by atomic mass is 35.5. The molecule has 148 valence electrons. The third-order valence-electron chi connectivity index (χ3n) is 5.21. The Morgan fingerprint density at radius 3 is 2.82 bits per heavy atom. The van der Waals surface area contributed by atoms with E-state index >= 15 is 0 Å². The van der Waals surface area contributed by atoms with Crippen molar-refractivity contribution in [1.82, 2.24) is 15.2 Å². The number of halogens is 1. The van der Waals surface area contributed by atoms with Crippen molar-refractivity contribution in [2.45, 2.75) is 18.9 Å². The quantitative estimate of drug-likeness (QED) is 0.834. The summed E-state index contributed by atoms with van der Waals surface area (Å²) in [5.74, 6) is 2.02. The van der Waals surface area contributed by atoms with E-state index in [2.05, 4.69) is 10.3 Å². The van der Waals surface area contributed by atoms with Crippen molar-refractivity contribution in [3.63, 3.8) is 0 Å². The first-order valence-electron chi connectivity index (χ1n) is 9.69. The highest BCUT2D eigenvalue weighted by Crippen LogP contribution is 2.33.